The summed E-state index contributed by atoms with van der Waals surface area (Å²) in [5.41, 5.74) is 3.49. The van der Waals surface area contributed by atoms with E-state index in [1.807, 2.05) is 6.07 Å². The molecule has 0 fully saturated rings. The maximum absolute atomic E-state index is 12.2. The molecular formula is C21H21Cl2N3OS. The summed E-state index contributed by atoms with van der Waals surface area (Å²) >= 11 is 13.4. The zero-order valence-electron chi connectivity index (χ0n) is 15.4. The Morgan fingerprint density at radius 1 is 1.11 bits per heavy atom. The number of fused-ring (bicyclic) bond motifs is 1. The lowest BCUT2D eigenvalue weighted by Crippen LogP contribution is -2.12. The summed E-state index contributed by atoms with van der Waals surface area (Å²) in [6.07, 6.45) is 7.03. The van der Waals surface area contributed by atoms with Crippen LogP contribution >= 0.6 is 35.0 Å². The molecule has 0 spiro atoms. The summed E-state index contributed by atoms with van der Waals surface area (Å²) in [7, 11) is 0. The Morgan fingerprint density at radius 2 is 1.82 bits per heavy atom. The molecule has 2 aromatic rings. The smallest absolute Gasteiger partial charge is 0.225 e. The molecule has 0 saturated carbocycles. The fourth-order valence-electron chi connectivity index (χ4n) is 3.25. The zero-order valence-corrected chi connectivity index (χ0v) is 17.8. The number of pyridine rings is 1. The molecule has 0 saturated heterocycles. The van der Waals surface area contributed by atoms with Crippen molar-refractivity contribution in [2.45, 2.75) is 50.0 Å². The number of carbonyl (C=O) groups excluding carboxylic acids is 1. The van der Waals surface area contributed by atoms with E-state index in [-0.39, 0.29) is 5.91 Å². The third kappa shape index (κ3) is 5.88. The number of nitrogens with zero attached hydrogens (tertiary/aromatic N) is 2. The number of benzene rings is 1. The maximum Gasteiger partial charge on any atom is 0.225 e. The van der Waals surface area contributed by atoms with Crippen molar-refractivity contribution in [1.29, 1.82) is 5.26 Å². The number of thioether (sulfide) groups is 1. The van der Waals surface area contributed by atoms with Gasteiger partial charge in [-0.1, -0.05) is 36.0 Å². The number of anilines is 1. The van der Waals surface area contributed by atoms with Crippen molar-refractivity contribution < 1.29 is 4.79 Å². The van der Waals surface area contributed by atoms with Crippen LogP contribution in [-0.2, 0) is 17.6 Å². The van der Waals surface area contributed by atoms with Gasteiger partial charge in [0.1, 0.15) is 11.1 Å². The van der Waals surface area contributed by atoms with E-state index in [1.165, 1.54) is 30.2 Å². The predicted octanol–water partition coefficient (Wildman–Crippen LogP) is 6.04. The third-order valence-corrected chi connectivity index (χ3v) is 6.03. The topological polar surface area (TPSA) is 65.8 Å². The molecule has 28 heavy (non-hydrogen) atoms. The average Bonchev–Trinajstić information content (AvgIpc) is 2.61. The first-order chi connectivity index (χ1) is 13.5. The second-order valence-electron chi connectivity index (χ2n) is 6.78. The first-order valence-corrected chi connectivity index (χ1v) is 11.1. The summed E-state index contributed by atoms with van der Waals surface area (Å²) in [5.74, 6) is 0.413. The molecule has 1 amide bonds. The molecule has 146 valence electrons. The molecule has 7 heteroatoms. The molecule has 0 bridgehead atoms. The van der Waals surface area contributed by atoms with Crippen molar-refractivity contribution in [2.75, 3.05) is 11.1 Å². The first-order valence-electron chi connectivity index (χ1n) is 9.37. The van der Waals surface area contributed by atoms with Crippen molar-refractivity contribution in [3.63, 3.8) is 0 Å². The highest BCUT2D eigenvalue weighted by molar-refractivity contribution is 7.99. The van der Waals surface area contributed by atoms with E-state index < -0.39 is 0 Å². The van der Waals surface area contributed by atoms with Gasteiger partial charge in [-0.2, -0.15) is 5.26 Å². The average molecular weight is 434 g/mol. The van der Waals surface area contributed by atoms with E-state index in [9.17, 15) is 10.1 Å². The molecule has 0 unspecified atom stereocenters. The number of hydrogen-bond acceptors (Lipinski definition) is 4. The summed E-state index contributed by atoms with van der Waals surface area (Å²) < 4.78 is 0. The second kappa shape index (κ2) is 10.2. The van der Waals surface area contributed by atoms with Gasteiger partial charge in [0, 0.05) is 33.6 Å². The highest BCUT2D eigenvalue weighted by Gasteiger charge is 2.14. The van der Waals surface area contributed by atoms with E-state index in [0.717, 1.165) is 36.4 Å². The Morgan fingerprint density at radius 3 is 2.54 bits per heavy atom. The lowest BCUT2D eigenvalue weighted by molar-refractivity contribution is -0.115. The van der Waals surface area contributed by atoms with Crippen molar-refractivity contribution in [1.82, 2.24) is 4.98 Å². The summed E-state index contributed by atoms with van der Waals surface area (Å²) in [5, 5.41) is 14.0. The largest absolute Gasteiger partial charge is 0.326 e. The van der Waals surface area contributed by atoms with Crippen LogP contribution in [0.5, 0.6) is 0 Å². The van der Waals surface area contributed by atoms with Crippen LogP contribution in [-0.4, -0.2) is 16.6 Å². The number of amides is 1. The Labute approximate surface area is 179 Å². The van der Waals surface area contributed by atoms with Gasteiger partial charge in [0.05, 0.1) is 5.56 Å². The van der Waals surface area contributed by atoms with Gasteiger partial charge in [0.25, 0.3) is 0 Å². The minimum atomic E-state index is -0.129. The van der Waals surface area contributed by atoms with Gasteiger partial charge in [0.2, 0.25) is 5.91 Å². The predicted molar refractivity (Wildman–Crippen MR) is 115 cm³/mol. The quantitative estimate of drug-likeness (QED) is 0.583. The molecule has 0 atom stereocenters. The summed E-state index contributed by atoms with van der Waals surface area (Å²) in [4.78, 5) is 17.0. The Hall–Kier alpha value is -1.74. The van der Waals surface area contributed by atoms with Crippen LogP contribution in [0.4, 0.5) is 5.69 Å². The number of carbonyl (C=O) groups is 1. The molecular weight excluding hydrogens is 413 g/mol. The van der Waals surface area contributed by atoms with E-state index in [1.54, 1.807) is 18.2 Å². The van der Waals surface area contributed by atoms with Crippen molar-refractivity contribution >= 4 is 46.6 Å². The Bertz CT molecular complexity index is 891. The lowest BCUT2D eigenvalue weighted by atomic mass is 9.96. The number of nitriles is 1. The number of aryl methyl sites for hydroxylation is 2. The Balaban J connectivity index is 1.61. The van der Waals surface area contributed by atoms with Crippen LogP contribution in [0.15, 0.2) is 29.3 Å². The third-order valence-electron chi connectivity index (χ3n) is 4.60. The van der Waals surface area contributed by atoms with Gasteiger partial charge >= 0.3 is 0 Å². The van der Waals surface area contributed by atoms with Gasteiger partial charge in [0.15, 0.2) is 0 Å². The van der Waals surface area contributed by atoms with Crippen molar-refractivity contribution in [3.8, 4) is 6.07 Å². The molecule has 1 aliphatic rings. The molecule has 1 N–H and O–H groups in total. The molecule has 4 nitrogen and oxygen atoms in total. The molecule has 0 radical (unpaired) electrons. The fourth-order valence-corrected chi connectivity index (χ4v) is 4.69. The van der Waals surface area contributed by atoms with Crippen LogP contribution < -0.4 is 5.32 Å². The first kappa shape index (κ1) is 21.0. The molecule has 3 rings (SSSR count). The van der Waals surface area contributed by atoms with Gasteiger partial charge < -0.3 is 5.32 Å². The van der Waals surface area contributed by atoms with Crippen molar-refractivity contribution in [3.05, 3.63) is 51.1 Å². The molecule has 1 aliphatic carbocycles. The van der Waals surface area contributed by atoms with Crippen molar-refractivity contribution in [2.24, 2.45) is 0 Å². The summed E-state index contributed by atoms with van der Waals surface area (Å²) in [6.45, 7) is 0. The van der Waals surface area contributed by atoms with Gasteiger partial charge in [-0.05, 0) is 55.5 Å². The number of aromatic nitrogens is 1. The van der Waals surface area contributed by atoms with Crippen LogP contribution in [0.25, 0.3) is 0 Å². The Kier molecular flexibility index (Phi) is 7.61. The SMILES string of the molecule is N#Cc1cc2c(nc1SCCC(=O)Nc1cc(Cl)cc(Cl)c1)CCCCCC2. The number of hydrogen-bond donors (Lipinski definition) is 1. The molecule has 1 aromatic heterocycles. The monoisotopic (exact) mass is 433 g/mol. The minimum Gasteiger partial charge on any atom is -0.326 e. The molecule has 0 aliphatic heterocycles. The van der Waals surface area contributed by atoms with Crippen LogP contribution in [0.1, 0.15) is 48.9 Å². The second-order valence-corrected chi connectivity index (χ2v) is 8.73. The minimum absolute atomic E-state index is 0.129. The maximum atomic E-state index is 12.2. The van der Waals surface area contributed by atoms with E-state index in [4.69, 9.17) is 28.2 Å². The standard InChI is InChI=1S/C21H21Cl2N3OS/c22-16-10-17(23)12-18(11-16)25-20(27)7-8-28-21-15(13-24)9-14-5-3-1-2-4-6-19(14)26-21/h9-12H,1-8H2,(H,25,27). The fraction of sp³-hybridized carbons (Fsp3) is 0.381. The van der Waals surface area contributed by atoms with E-state index in [0.29, 0.717) is 33.5 Å². The molecule has 1 aromatic carbocycles. The highest BCUT2D eigenvalue weighted by Crippen LogP contribution is 2.27. The number of halogens is 2. The van der Waals surface area contributed by atoms with E-state index >= 15 is 0 Å². The van der Waals surface area contributed by atoms with E-state index in [2.05, 4.69) is 11.4 Å². The normalized spacial score (nSPS) is 13.8. The van der Waals surface area contributed by atoms with Gasteiger partial charge in [-0.25, -0.2) is 4.98 Å². The summed E-state index contributed by atoms with van der Waals surface area (Å²) in [6, 6.07) is 9.18. The highest BCUT2D eigenvalue weighted by atomic mass is 35.5. The number of nitrogens with one attached hydrogen (secondary N) is 1. The van der Waals surface area contributed by atoms with Gasteiger partial charge in [-0.15, -0.1) is 11.8 Å². The zero-order chi connectivity index (χ0) is 19.9. The molecule has 1 heterocycles. The van der Waals surface area contributed by atoms with Crippen LogP contribution in [0.3, 0.4) is 0 Å². The van der Waals surface area contributed by atoms with Crippen LogP contribution in [0.2, 0.25) is 10.0 Å². The van der Waals surface area contributed by atoms with Gasteiger partial charge in [-0.3, -0.25) is 4.79 Å². The number of rotatable bonds is 5. The van der Waals surface area contributed by atoms with Crippen LogP contribution in [0, 0.1) is 11.3 Å². The lowest BCUT2D eigenvalue weighted by Gasteiger charge is -2.15.